The van der Waals surface area contributed by atoms with Gasteiger partial charge in [0.1, 0.15) is 11.4 Å². The first kappa shape index (κ1) is 18.1. The minimum atomic E-state index is -0.394. The van der Waals surface area contributed by atoms with Gasteiger partial charge in [-0.15, -0.1) is 0 Å². The zero-order valence-electron chi connectivity index (χ0n) is 16.5. The molecule has 1 saturated carbocycles. The van der Waals surface area contributed by atoms with E-state index in [1.54, 1.807) is 0 Å². The quantitative estimate of drug-likeness (QED) is 0.811. The van der Waals surface area contributed by atoms with E-state index in [-0.39, 0.29) is 17.6 Å². The Bertz CT molecular complexity index is 835. The summed E-state index contributed by atoms with van der Waals surface area (Å²) in [5.74, 6) is 1.07. The van der Waals surface area contributed by atoms with Gasteiger partial charge in [-0.2, -0.15) is 0 Å². The van der Waals surface area contributed by atoms with E-state index in [2.05, 4.69) is 56.4 Å². The Hall–Kier alpha value is -2.29. The van der Waals surface area contributed by atoms with Gasteiger partial charge in [0, 0.05) is 12.0 Å². The normalized spacial score (nSPS) is 22.6. The van der Waals surface area contributed by atoms with E-state index in [0.717, 1.165) is 49.0 Å². The first-order valence-corrected chi connectivity index (χ1v) is 10.1. The van der Waals surface area contributed by atoms with Crippen molar-refractivity contribution in [3.05, 3.63) is 65.2 Å². The van der Waals surface area contributed by atoms with Crippen LogP contribution < -0.4 is 10.1 Å². The molecule has 1 aliphatic carbocycles. The molecule has 2 aromatic rings. The Morgan fingerprint density at radius 2 is 1.78 bits per heavy atom. The zero-order chi connectivity index (χ0) is 19.1. The average molecular weight is 364 g/mol. The van der Waals surface area contributed by atoms with Crippen molar-refractivity contribution in [3.8, 4) is 5.75 Å². The van der Waals surface area contributed by atoms with Crippen LogP contribution >= 0.6 is 0 Å². The van der Waals surface area contributed by atoms with Crippen molar-refractivity contribution in [3.63, 3.8) is 0 Å². The molecule has 1 heterocycles. The monoisotopic (exact) mass is 363 g/mol. The lowest BCUT2D eigenvalue weighted by Crippen LogP contribution is -2.47. The SMILES string of the molecule is Cc1ccc2c(c1)OC(C)(C)C[C@@H]2NC(=O)C1(c2ccccc2)CCCC1. The number of amides is 1. The third-order valence-corrected chi connectivity index (χ3v) is 6.15. The van der Waals surface area contributed by atoms with E-state index in [1.165, 1.54) is 5.56 Å². The van der Waals surface area contributed by atoms with E-state index in [4.69, 9.17) is 4.74 Å². The molecule has 0 bridgehead atoms. The minimum absolute atomic E-state index is 0.0157. The van der Waals surface area contributed by atoms with E-state index in [0.29, 0.717) is 0 Å². The van der Waals surface area contributed by atoms with Crippen molar-refractivity contribution >= 4 is 5.91 Å². The number of nitrogens with one attached hydrogen (secondary N) is 1. The molecular formula is C24H29NO2. The van der Waals surface area contributed by atoms with Crippen LogP contribution in [0.25, 0.3) is 0 Å². The molecule has 1 fully saturated rings. The predicted molar refractivity (Wildman–Crippen MR) is 108 cm³/mol. The van der Waals surface area contributed by atoms with Gasteiger partial charge < -0.3 is 10.1 Å². The molecule has 0 spiro atoms. The van der Waals surface area contributed by atoms with Gasteiger partial charge in [-0.3, -0.25) is 4.79 Å². The Morgan fingerprint density at radius 3 is 2.48 bits per heavy atom. The summed E-state index contributed by atoms with van der Waals surface area (Å²) < 4.78 is 6.20. The molecule has 1 N–H and O–H groups in total. The molecule has 2 aliphatic rings. The highest BCUT2D eigenvalue weighted by Crippen LogP contribution is 2.44. The highest BCUT2D eigenvalue weighted by Gasteiger charge is 2.44. The number of rotatable bonds is 3. The molecule has 1 amide bonds. The maximum absolute atomic E-state index is 13.6. The molecule has 142 valence electrons. The van der Waals surface area contributed by atoms with E-state index < -0.39 is 5.41 Å². The third kappa shape index (κ3) is 3.36. The average Bonchev–Trinajstić information content (AvgIpc) is 3.12. The number of carbonyl (C=O) groups is 1. The lowest BCUT2D eigenvalue weighted by atomic mass is 9.77. The molecule has 2 aromatic carbocycles. The number of hydrogen-bond acceptors (Lipinski definition) is 2. The van der Waals surface area contributed by atoms with Crippen molar-refractivity contribution in [2.45, 2.75) is 69.9 Å². The molecule has 3 nitrogen and oxygen atoms in total. The molecule has 1 atom stereocenters. The van der Waals surface area contributed by atoms with Gasteiger partial charge in [0.25, 0.3) is 0 Å². The maximum Gasteiger partial charge on any atom is 0.231 e. The molecule has 0 radical (unpaired) electrons. The van der Waals surface area contributed by atoms with Gasteiger partial charge in [0.05, 0.1) is 11.5 Å². The molecule has 3 heteroatoms. The van der Waals surface area contributed by atoms with Crippen molar-refractivity contribution < 1.29 is 9.53 Å². The largest absolute Gasteiger partial charge is 0.487 e. The second-order valence-corrected chi connectivity index (χ2v) is 8.79. The van der Waals surface area contributed by atoms with Crippen molar-refractivity contribution in [1.29, 1.82) is 0 Å². The fourth-order valence-corrected chi connectivity index (χ4v) is 4.77. The Labute approximate surface area is 162 Å². The molecule has 0 aromatic heterocycles. The van der Waals surface area contributed by atoms with Crippen molar-refractivity contribution in [1.82, 2.24) is 5.32 Å². The van der Waals surface area contributed by atoms with Gasteiger partial charge in [0.2, 0.25) is 5.91 Å². The second kappa shape index (κ2) is 6.70. The fraction of sp³-hybridized carbons (Fsp3) is 0.458. The number of benzene rings is 2. The summed E-state index contributed by atoms with van der Waals surface area (Å²) in [7, 11) is 0. The number of fused-ring (bicyclic) bond motifs is 1. The molecule has 4 rings (SSSR count). The van der Waals surface area contributed by atoms with Crippen molar-refractivity contribution in [2.24, 2.45) is 0 Å². The first-order valence-electron chi connectivity index (χ1n) is 10.1. The van der Waals surface area contributed by atoms with Crippen LogP contribution in [0.15, 0.2) is 48.5 Å². The van der Waals surface area contributed by atoms with Crippen LogP contribution in [-0.4, -0.2) is 11.5 Å². The summed E-state index contributed by atoms with van der Waals surface area (Å²) in [6.07, 6.45) is 4.85. The summed E-state index contributed by atoms with van der Waals surface area (Å²) in [5.41, 5.74) is 2.72. The van der Waals surface area contributed by atoms with Crippen LogP contribution in [0.3, 0.4) is 0 Å². The molecule has 0 unspecified atom stereocenters. The van der Waals surface area contributed by atoms with Crippen LogP contribution in [0.4, 0.5) is 0 Å². The van der Waals surface area contributed by atoms with Crippen LogP contribution in [0.2, 0.25) is 0 Å². The Kier molecular flexibility index (Phi) is 4.49. The Morgan fingerprint density at radius 1 is 1.07 bits per heavy atom. The number of aryl methyl sites for hydroxylation is 1. The van der Waals surface area contributed by atoms with Crippen LogP contribution in [0.5, 0.6) is 5.75 Å². The molecular weight excluding hydrogens is 334 g/mol. The number of carbonyl (C=O) groups excluding carboxylic acids is 1. The summed E-state index contributed by atoms with van der Waals surface area (Å²) in [5, 5.41) is 3.41. The second-order valence-electron chi connectivity index (χ2n) is 8.79. The lowest BCUT2D eigenvalue weighted by Gasteiger charge is -2.39. The summed E-state index contributed by atoms with van der Waals surface area (Å²) in [6.45, 7) is 6.27. The zero-order valence-corrected chi connectivity index (χ0v) is 16.5. The van der Waals surface area contributed by atoms with Gasteiger partial charge in [-0.1, -0.05) is 55.3 Å². The maximum atomic E-state index is 13.6. The highest BCUT2D eigenvalue weighted by atomic mass is 16.5. The van der Waals surface area contributed by atoms with Crippen LogP contribution in [-0.2, 0) is 10.2 Å². The summed E-state index contributed by atoms with van der Waals surface area (Å²) in [6, 6.07) is 16.6. The molecule has 0 saturated heterocycles. The highest BCUT2D eigenvalue weighted by molar-refractivity contribution is 5.89. The minimum Gasteiger partial charge on any atom is -0.487 e. The predicted octanol–water partition coefficient (Wildman–Crippen LogP) is 5.23. The third-order valence-electron chi connectivity index (χ3n) is 6.15. The summed E-state index contributed by atoms with van der Waals surface area (Å²) >= 11 is 0. The Balaban J connectivity index is 1.66. The first-order chi connectivity index (χ1) is 12.9. The topological polar surface area (TPSA) is 38.3 Å². The van der Waals surface area contributed by atoms with Gasteiger partial charge in [-0.05, 0) is 50.8 Å². The van der Waals surface area contributed by atoms with Crippen LogP contribution in [0, 0.1) is 6.92 Å². The standard InChI is InChI=1S/C24H29NO2/c1-17-11-12-19-20(16-23(2,3)27-21(19)15-17)25-22(26)24(13-7-8-14-24)18-9-5-4-6-10-18/h4-6,9-12,15,20H,7-8,13-14,16H2,1-3H3,(H,25,26)/t20-/m0/s1. The molecule has 27 heavy (non-hydrogen) atoms. The van der Waals surface area contributed by atoms with Gasteiger partial charge in [-0.25, -0.2) is 0 Å². The van der Waals surface area contributed by atoms with E-state index in [9.17, 15) is 4.79 Å². The fourth-order valence-electron chi connectivity index (χ4n) is 4.77. The van der Waals surface area contributed by atoms with Crippen molar-refractivity contribution in [2.75, 3.05) is 0 Å². The van der Waals surface area contributed by atoms with Gasteiger partial charge in [0.15, 0.2) is 0 Å². The van der Waals surface area contributed by atoms with E-state index in [1.807, 2.05) is 18.2 Å². The number of ether oxygens (including phenoxy) is 1. The lowest BCUT2D eigenvalue weighted by molar-refractivity contribution is -0.128. The van der Waals surface area contributed by atoms with E-state index >= 15 is 0 Å². The smallest absolute Gasteiger partial charge is 0.231 e. The van der Waals surface area contributed by atoms with Gasteiger partial charge >= 0.3 is 0 Å². The number of hydrogen-bond donors (Lipinski definition) is 1. The summed E-state index contributed by atoms with van der Waals surface area (Å²) in [4.78, 5) is 13.6. The van der Waals surface area contributed by atoms with Crippen LogP contribution in [0.1, 0.15) is 68.7 Å². The molecule has 1 aliphatic heterocycles.